The van der Waals surface area contributed by atoms with E-state index in [0.717, 1.165) is 12.0 Å². The Labute approximate surface area is 191 Å². The number of ether oxygens (including phenoxy) is 2. The first-order valence-electron chi connectivity index (χ1n) is 10.6. The number of anilines is 2. The van der Waals surface area contributed by atoms with Crippen LogP contribution in [0.25, 0.3) is 0 Å². The Bertz CT molecular complexity index is 1230. The number of rotatable bonds is 9. The van der Waals surface area contributed by atoms with Crippen LogP contribution in [0, 0.1) is 0 Å². The smallest absolute Gasteiger partial charge is 0.330 e. The lowest BCUT2D eigenvalue weighted by molar-refractivity contribution is 0.0984. The summed E-state index contributed by atoms with van der Waals surface area (Å²) in [5.74, 6) is 0.312. The second kappa shape index (κ2) is 10.5. The normalized spacial score (nSPS) is 10.6. The number of hydrogen-bond donors (Lipinski definition) is 2. The molecular formula is C24H28N4O5. The second-order valence-corrected chi connectivity index (χ2v) is 7.44. The molecule has 0 aliphatic rings. The summed E-state index contributed by atoms with van der Waals surface area (Å²) < 4.78 is 11.9. The fraction of sp³-hybridized carbons (Fsp3) is 0.292. The lowest BCUT2D eigenvalue weighted by Gasteiger charge is -2.25. The van der Waals surface area contributed by atoms with Gasteiger partial charge in [0, 0.05) is 12.1 Å². The maximum Gasteiger partial charge on any atom is 0.330 e. The van der Waals surface area contributed by atoms with E-state index in [9.17, 15) is 14.4 Å². The zero-order valence-corrected chi connectivity index (χ0v) is 19.0. The zero-order valence-electron chi connectivity index (χ0n) is 19.0. The standard InChI is InChI=1S/C24H28N4O5/c1-4-5-13-27-21(25)20(22(29)26-24(27)31)28(15-16-9-7-6-8-10-16)23(30)17-11-12-18(32-2)19(14-17)33-3/h6-12,14H,4-5,13,15,25H2,1-3H3,(H,26,29,31). The topological polar surface area (TPSA) is 120 Å². The lowest BCUT2D eigenvalue weighted by atomic mass is 10.1. The number of nitrogens with zero attached hydrogens (tertiary/aromatic N) is 2. The molecule has 1 amide bonds. The quantitative estimate of drug-likeness (QED) is 0.515. The van der Waals surface area contributed by atoms with Crippen LogP contribution in [0.4, 0.5) is 11.5 Å². The molecule has 0 aliphatic heterocycles. The molecule has 1 heterocycles. The van der Waals surface area contributed by atoms with Gasteiger partial charge in [0.15, 0.2) is 17.2 Å². The van der Waals surface area contributed by atoms with Gasteiger partial charge in [-0.25, -0.2) is 4.79 Å². The summed E-state index contributed by atoms with van der Waals surface area (Å²) in [5.41, 5.74) is 5.96. The number of H-pyrrole nitrogens is 1. The summed E-state index contributed by atoms with van der Waals surface area (Å²) in [5, 5.41) is 0. The largest absolute Gasteiger partial charge is 0.493 e. The van der Waals surface area contributed by atoms with E-state index >= 15 is 0 Å². The minimum Gasteiger partial charge on any atom is -0.493 e. The molecule has 3 aromatic rings. The molecule has 2 aromatic carbocycles. The van der Waals surface area contributed by atoms with E-state index in [4.69, 9.17) is 15.2 Å². The highest BCUT2D eigenvalue weighted by atomic mass is 16.5. The Hall–Kier alpha value is -4.01. The average Bonchev–Trinajstić information content (AvgIpc) is 2.82. The number of unbranched alkanes of at least 4 members (excludes halogenated alkanes) is 1. The van der Waals surface area contributed by atoms with Crippen molar-refractivity contribution in [2.75, 3.05) is 24.9 Å². The van der Waals surface area contributed by atoms with Gasteiger partial charge in [-0.2, -0.15) is 0 Å². The summed E-state index contributed by atoms with van der Waals surface area (Å²) >= 11 is 0. The Balaban J connectivity index is 2.16. The number of nitrogen functional groups attached to an aromatic ring is 1. The highest BCUT2D eigenvalue weighted by molar-refractivity contribution is 6.07. The Kier molecular flexibility index (Phi) is 7.55. The van der Waals surface area contributed by atoms with Crippen LogP contribution in [-0.2, 0) is 13.1 Å². The van der Waals surface area contributed by atoms with Crippen LogP contribution in [0.1, 0.15) is 35.7 Å². The van der Waals surface area contributed by atoms with Gasteiger partial charge in [0.2, 0.25) is 0 Å². The number of methoxy groups -OCH3 is 2. The molecule has 1 aromatic heterocycles. The van der Waals surface area contributed by atoms with Crippen molar-refractivity contribution in [1.82, 2.24) is 9.55 Å². The highest BCUT2D eigenvalue weighted by Crippen LogP contribution is 2.29. The van der Waals surface area contributed by atoms with Gasteiger partial charge in [-0.15, -0.1) is 0 Å². The van der Waals surface area contributed by atoms with E-state index in [-0.39, 0.29) is 23.6 Å². The molecule has 0 spiro atoms. The van der Waals surface area contributed by atoms with Crippen LogP contribution in [-0.4, -0.2) is 29.7 Å². The molecule has 0 fully saturated rings. The van der Waals surface area contributed by atoms with Crippen LogP contribution in [0.15, 0.2) is 58.1 Å². The molecule has 0 radical (unpaired) electrons. The Morgan fingerprint density at radius 1 is 1.06 bits per heavy atom. The third-order valence-electron chi connectivity index (χ3n) is 5.28. The molecule has 9 nitrogen and oxygen atoms in total. The molecule has 0 saturated carbocycles. The van der Waals surface area contributed by atoms with Gasteiger partial charge in [-0.3, -0.25) is 24.0 Å². The van der Waals surface area contributed by atoms with Crippen molar-refractivity contribution in [3.63, 3.8) is 0 Å². The van der Waals surface area contributed by atoms with Gasteiger partial charge in [-0.05, 0) is 30.2 Å². The number of carbonyl (C=O) groups excluding carboxylic acids is 1. The fourth-order valence-electron chi connectivity index (χ4n) is 3.52. The van der Waals surface area contributed by atoms with Crippen molar-refractivity contribution in [2.45, 2.75) is 32.9 Å². The van der Waals surface area contributed by atoms with Gasteiger partial charge >= 0.3 is 5.69 Å². The molecule has 174 valence electrons. The number of aromatic nitrogens is 2. The molecule has 0 saturated heterocycles. The minimum atomic E-state index is -0.727. The van der Waals surface area contributed by atoms with E-state index in [1.54, 1.807) is 12.1 Å². The van der Waals surface area contributed by atoms with Crippen LogP contribution in [0.5, 0.6) is 11.5 Å². The molecule has 3 rings (SSSR count). The number of carbonyl (C=O) groups is 1. The molecular weight excluding hydrogens is 424 g/mol. The predicted octanol–water partition coefficient (Wildman–Crippen LogP) is 2.78. The van der Waals surface area contributed by atoms with Crippen molar-refractivity contribution in [2.24, 2.45) is 0 Å². The van der Waals surface area contributed by atoms with Crippen molar-refractivity contribution in [3.05, 3.63) is 80.5 Å². The summed E-state index contributed by atoms with van der Waals surface area (Å²) in [6.45, 7) is 2.39. The molecule has 0 bridgehead atoms. The lowest BCUT2D eigenvalue weighted by Crippen LogP contribution is -2.41. The van der Waals surface area contributed by atoms with E-state index in [1.807, 2.05) is 37.3 Å². The van der Waals surface area contributed by atoms with Gasteiger partial charge in [0.1, 0.15) is 5.82 Å². The Morgan fingerprint density at radius 2 is 1.76 bits per heavy atom. The number of nitrogens with two attached hydrogens (primary N) is 1. The minimum absolute atomic E-state index is 0.0537. The SMILES string of the molecule is CCCCn1c(N)c(N(Cc2ccccc2)C(=O)c2ccc(OC)c(OC)c2)c(=O)[nH]c1=O. The van der Waals surface area contributed by atoms with E-state index < -0.39 is 17.2 Å². The third kappa shape index (κ3) is 5.08. The highest BCUT2D eigenvalue weighted by Gasteiger charge is 2.26. The van der Waals surface area contributed by atoms with E-state index in [1.165, 1.54) is 29.8 Å². The molecule has 33 heavy (non-hydrogen) atoms. The molecule has 0 atom stereocenters. The van der Waals surface area contributed by atoms with Crippen molar-refractivity contribution in [1.29, 1.82) is 0 Å². The first-order chi connectivity index (χ1) is 15.9. The number of amides is 1. The van der Waals surface area contributed by atoms with Gasteiger partial charge < -0.3 is 15.2 Å². The van der Waals surface area contributed by atoms with Crippen LogP contribution in [0.3, 0.4) is 0 Å². The summed E-state index contributed by atoms with van der Waals surface area (Å²) in [4.78, 5) is 42.5. The van der Waals surface area contributed by atoms with Crippen LogP contribution >= 0.6 is 0 Å². The number of nitrogens with one attached hydrogen (secondary N) is 1. The predicted molar refractivity (Wildman–Crippen MR) is 127 cm³/mol. The number of hydrogen-bond acceptors (Lipinski definition) is 6. The summed E-state index contributed by atoms with van der Waals surface area (Å²) in [7, 11) is 2.97. The van der Waals surface area contributed by atoms with Crippen LogP contribution < -0.4 is 31.4 Å². The van der Waals surface area contributed by atoms with E-state index in [2.05, 4.69) is 4.98 Å². The second-order valence-electron chi connectivity index (χ2n) is 7.44. The maximum absolute atomic E-state index is 13.7. The van der Waals surface area contributed by atoms with Crippen molar-refractivity contribution >= 4 is 17.4 Å². The summed E-state index contributed by atoms with van der Waals surface area (Å²) in [6.07, 6.45) is 1.52. The van der Waals surface area contributed by atoms with Gasteiger partial charge in [-0.1, -0.05) is 43.7 Å². The Morgan fingerprint density at radius 3 is 2.39 bits per heavy atom. The van der Waals surface area contributed by atoms with Crippen LogP contribution in [0.2, 0.25) is 0 Å². The zero-order chi connectivity index (χ0) is 24.0. The fourth-order valence-corrected chi connectivity index (χ4v) is 3.52. The first kappa shape index (κ1) is 23.6. The van der Waals surface area contributed by atoms with Gasteiger partial charge in [0.05, 0.1) is 20.8 Å². The molecule has 0 unspecified atom stereocenters. The maximum atomic E-state index is 13.7. The molecule has 9 heteroatoms. The molecule has 0 aliphatic carbocycles. The first-order valence-corrected chi connectivity index (χ1v) is 10.6. The number of aromatic amines is 1. The number of benzene rings is 2. The van der Waals surface area contributed by atoms with Crippen molar-refractivity contribution < 1.29 is 14.3 Å². The van der Waals surface area contributed by atoms with Crippen molar-refractivity contribution in [3.8, 4) is 11.5 Å². The average molecular weight is 453 g/mol. The molecule has 3 N–H and O–H groups in total. The van der Waals surface area contributed by atoms with Gasteiger partial charge in [0.25, 0.3) is 11.5 Å². The third-order valence-corrected chi connectivity index (χ3v) is 5.28. The van der Waals surface area contributed by atoms with E-state index in [0.29, 0.717) is 24.5 Å². The summed E-state index contributed by atoms with van der Waals surface area (Å²) in [6, 6.07) is 13.9. The monoisotopic (exact) mass is 452 g/mol.